The van der Waals surface area contributed by atoms with Crippen molar-refractivity contribution in [2.24, 2.45) is 0 Å². The number of benzene rings is 2. The van der Waals surface area contributed by atoms with Crippen LogP contribution in [0, 0.1) is 6.92 Å². The van der Waals surface area contributed by atoms with Crippen molar-refractivity contribution in [1.29, 1.82) is 0 Å². The van der Waals surface area contributed by atoms with Gasteiger partial charge in [-0.1, -0.05) is 12.1 Å². The first-order valence-electron chi connectivity index (χ1n) is 10.7. The number of aryl methyl sites for hydroxylation is 1. The standard InChI is InChI=1S/C24H26N4O4/c1-16-5-4-6-17(11-16)31-22-18-12-20(21(30-3)13-19(18)25-15-26-22)28-14-24(32-23(28)29)7-9-27(2)10-8-24/h4-6,11-13,15H,7-10,14H2,1-3H3. The summed E-state index contributed by atoms with van der Waals surface area (Å²) in [7, 11) is 3.67. The number of methoxy groups -OCH3 is 1. The van der Waals surface area contributed by atoms with Gasteiger partial charge < -0.3 is 19.1 Å². The van der Waals surface area contributed by atoms with Crippen LogP contribution in [0.5, 0.6) is 17.4 Å². The molecular weight excluding hydrogens is 408 g/mol. The molecule has 3 heterocycles. The van der Waals surface area contributed by atoms with Crippen LogP contribution in [0.15, 0.2) is 42.7 Å². The first-order valence-corrected chi connectivity index (χ1v) is 10.7. The van der Waals surface area contributed by atoms with Crippen LogP contribution in [0.25, 0.3) is 10.9 Å². The number of carbonyl (C=O) groups excluding carboxylic acids is 1. The average molecular weight is 434 g/mol. The molecule has 1 aromatic heterocycles. The fourth-order valence-corrected chi connectivity index (χ4v) is 4.39. The molecule has 0 bridgehead atoms. The molecule has 0 unspecified atom stereocenters. The third kappa shape index (κ3) is 3.71. The lowest BCUT2D eigenvalue weighted by molar-refractivity contribution is 0.00678. The van der Waals surface area contributed by atoms with Crippen LogP contribution in [0.4, 0.5) is 10.5 Å². The van der Waals surface area contributed by atoms with Crippen LogP contribution in [0.3, 0.4) is 0 Å². The van der Waals surface area contributed by atoms with Gasteiger partial charge in [0.1, 0.15) is 23.4 Å². The molecule has 0 aliphatic carbocycles. The van der Waals surface area contributed by atoms with Crippen LogP contribution < -0.4 is 14.4 Å². The fourth-order valence-electron chi connectivity index (χ4n) is 4.39. The summed E-state index contributed by atoms with van der Waals surface area (Å²) >= 11 is 0. The largest absolute Gasteiger partial charge is 0.494 e. The summed E-state index contributed by atoms with van der Waals surface area (Å²) < 4.78 is 17.6. The lowest BCUT2D eigenvalue weighted by Gasteiger charge is -2.35. The molecule has 32 heavy (non-hydrogen) atoms. The molecule has 2 aliphatic rings. The topological polar surface area (TPSA) is 77.0 Å². The molecule has 166 valence electrons. The maximum Gasteiger partial charge on any atom is 0.415 e. The fraction of sp³-hybridized carbons (Fsp3) is 0.375. The number of hydrogen-bond donors (Lipinski definition) is 0. The van der Waals surface area contributed by atoms with Crippen molar-refractivity contribution in [1.82, 2.24) is 14.9 Å². The van der Waals surface area contributed by atoms with E-state index in [1.54, 1.807) is 12.0 Å². The number of hydrogen-bond acceptors (Lipinski definition) is 7. The Morgan fingerprint density at radius 1 is 1.12 bits per heavy atom. The Labute approximate surface area is 186 Å². The molecule has 0 N–H and O–H groups in total. The van der Waals surface area contributed by atoms with Gasteiger partial charge in [-0.2, -0.15) is 0 Å². The first-order chi connectivity index (χ1) is 15.5. The second kappa shape index (κ2) is 7.94. The summed E-state index contributed by atoms with van der Waals surface area (Å²) in [6, 6.07) is 11.4. The predicted octanol–water partition coefficient (Wildman–Crippen LogP) is 4.16. The van der Waals surface area contributed by atoms with E-state index in [9.17, 15) is 4.79 Å². The third-order valence-corrected chi connectivity index (χ3v) is 6.26. The lowest BCUT2D eigenvalue weighted by atomic mass is 9.91. The van der Waals surface area contributed by atoms with Gasteiger partial charge in [-0.05, 0) is 37.7 Å². The Hall–Kier alpha value is -3.39. The Bertz CT molecular complexity index is 1170. The van der Waals surface area contributed by atoms with Gasteiger partial charge in [-0.25, -0.2) is 14.8 Å². The van der Waals surface area contributed by atoms with Gasteiger partial charge in [0.2, 0.25) is 5.88 Å². The zero-order valence-corrected chi connectivity index (χ0v) is 18.5. The molecule has 0 radical (unpaired) electrons. The molecule has 3 aromatic rings. The number of ether oxygens (including phenoxy) is 3. The molecule has 8 nitrogen and oxygen atoms in total. The van der Waals surface area contributed by atoms with E-state index in [0.29, 0.717) is 40.5 Å². The number of nitrogens with zero attached hydrogens (tertiary/aromatic N) is 4. The van der Waals surface area contributed by atoms with Gasteiger partial charge in [0.05, 0.1) is 30.2 Å². The van der Waals surface area contributed by atoms with E-state index in [0.717, 1.165) is 31.5 Å². The number of fused-ring (bicyclic) bond motifs is 1. The Morgan fingerprint density at radius 3 is 2.69 bits per heavy atom. The van der Waals surface area contributed by atoms with Gasteiger partial charge in [0, 0.05) is 32.0 Å². The van der Waals surface area contributed by atoms with Crippen LogP contribution in [0.1, 0.15) is 18.4 Å². The van der Waals surface area contributed by atoms with Crippen LogP contribution in [0.2, 0.25) is 0 Å². The number of carbonyl (C=O) groups is 1. The molecule has 1 spiro atoms. The molecule has 2 fully saturated rings. The zero-order valence-electron chi connectivity index (χ0n) is 18.5. The minimum absolute atomic E-state index is 0.356. The highest BCUT2D eigenvalue weighted by Crippen LogP contribution is 2.41. The molecule has 2 saturated heterocycles. The number of aromatic nitrogens is 2. The SMILES string of the molecule is COc1cc2ncnc(Oc3cccc(C)c3)c2cc1N1CC2(CCN(C)CC2)OC1=O. The van der Waals surface area contributed by atoms with Gasteiger partial charge in [-0.3, -0.25) is 4.90 Å². The van der Waals surface area contributed by atoms with E-state index in [1.807, 2.05) is 43.3 Å². The van der Waals surface area contributed by atoms with E-state index in [2.05, 4.69) is 21.9 Å². The van der Waals surface area contributed by atoms with E-state index in [1.165, 1.54) is 6.33 Å². The minimum Gasteiger partial charge on any atom is -0.494 e. The molecule has 0 atom stereocenters. The van der Waals surface area contributed by atoms with Crippen molar-refractivity contribution in [3.05, 3.63) is 48.3 Å². The van der Waals surface area contributed by atoms with Gasteiger partial charge >= 0.3 is 6.09 Å². The quantitative estimate of drug-likeness (QED) is 0.610. The molecule has 0 saturated carbocycles. The molecule has 1 amide bonds. The van der Waals surface area contributed by atoms with Crippen LogP contribution in [-0.2, 0) is 4.74 Å². The van der Waals surface area contributed by atoms with E-state index < -0.39 is 5.60 Å². The Kier molecular flexibility index (Phi) is 5.09. The number of rotatable bonds is 4. The maximum absolute atomic E-state index is 12.9. The highest BCUT2D eigenvalue weighted by molar-refractivity contribution is 5.97. The number of piperidine rings is 1. The second-order valence-electron chi connectivity index (χ2n) is 8.58. The van der Waals surface area contributed by atoms with Crippen molar-refractivity contribution in [2.75, 3.05) is 38.7 Å². The normalized spacial score (nSPS) is 18.2. The van der Waals surface area contributed by atoms with Crippen molar-refractivity contribution in [3.63, 3.8) is 0 Å². The van der Waals surface area contributed by atoms with Crippen molar-refractivity contribution < 1.29 is 19.0 Å². The monoisotopic (exact) mass is 434 g/mol. The van der Waals surface area contributed by atoms with E-state index in [-0.39, 0.29) is 6.09 Å². The van der Waals surface area contributed by atoms with Gasteiger partial charge in [0.15, 0.2) is 0 Å². The molecule has 2 aliphatic heterocycles. The minimum atomic E-state index is -0.461. The Morgan fingerprint density at radius 2 is 1.94 bits per heavy atom. The van der Waals surface area contributed by atoms with E-state index >= 15 is 0 Å². The summed E-state index contributed by atoms with van der Waals surface area (Å²) in [5.74, 6) is 1.67. The molecule has 2 aromatic carbocycles. The number of likely N-dealkylation sites (tertiary alicyclic amines) is 1. The second-order valence-corrected chi connectivity index (χ2v) is 8.58. The summed E-state index contributed by atoms with van der Waals surface area (Å²) in [4.78, 5) is 25.6. The smallest absolute Gasteiger partial charge is 0.415 e. The predicted molar refractivity (Wildman–Crippen MR) is 121 cm³/mol. The summed E-state index contributed by atoms with van der Waals surface area (Å²) in [5.41, 5.74) is 1.93. The summed E-state index contributed by atoms with van der Waals surface area (Å²) in [6.45, 7) is 4.30. The van der Waals surface area contributed by atoms with Crippen molar-refractivity contribution in [2.45, 2.75) is 25.4 Å². The van der Waals surface area contributed by atoms with Crippen molar-refractivity contribution in [3.8, 4) is 17.4 Å². The van der Waals surface area contributed by atoms with Gasteiger partial charge in [0.25, 0.3) is 0 Å². The number of amides is 1. The maximum atomic E-state index is 12.9. The zero-order chi connectivity index (χ0) is 22.3. The Balaban J connectivity index is 1.53. The first kappa shape index (κ1) is 20.5. The number of anilines is 1. The van der Waals surface area contributed by atoms with Crippen LogP contribution >= 0.6 is 0 Å². The summed E-state index contributed by atoms with van der Waals surface area (Å²) in [6.07, 6.45) is 2.73. The van der Waals surface area contributed by atoms with Crippen molar-refractivity contribution >= 4 is 22.7 Å². The average Bonchev–Trinajstić information content (AvgIpc) is 3.11. The lowest BCUT2D eigenvalue weighted by Crippen LogP contribution is -2.45. The summed E-state index contributed by atoms with van der Waals surface area (Å²) in [5, 5.41) is 0.696. The molecule has 8 heteroatoms. The highest BCUT2D eigenvalue weighted by atomic mass is 16.6. The van der Waals surface area contributed by atoms with Gasteiger partial charge in [-0.15, -0.1) is 0 Å². The third-order valence-electron chi connectivity index (χ3n) is 6.26. The highest BCUT2D eigenvalue weighted by Gasteiger charge is 2.47. The van der Waals surface area contributed by atoms with E-state index in [4.69, 9.17) is 14.2 Å². The molecule has 5 rings (SSSR count). The van der Waals surface area contributed by atoms with Crippen LogP contribution in [-0.4, -0.2) is 60.4 Å². The molecular formula is C24H26N4O4.